The Kier molecular flexibility index (Phi) is 7.06. The molecule has 0 bridgehead atoms. The summed E-state index contributed by atoms with van der Waals surface area (Å²) in [5.74, 6) is 0.790. The lowest BCUT2D eigenvalue weighted by Crippen LogP contribution is -2.17. The fraction of sp³-hybridized carbons (Fsp3) is 0.318. The van der Waals surface area contributed by atoms with Crippen LogP contribution < -0.4 is 10.6 Å². The molecule has 0 radical (unpaired) electrons. The maximum atomic E-state index is 13.1. The van der Waals surface area contributed by atoms with Crippen molar-refractivity contribution in [2.45, 2.75) is 19.5 Å². The second-order valence-corrected chi connectivity index (χ2v) is 7.44. The first kappa shape index (κ1) is 22.5. The minimum atomic E-state index is -4.42. The van der Waals surface area contributed by atoms with Gasteiger partial charge in [0.05, 0.1) is 11.3 Å². The Labute approximate surface area is 179 Å². The van der Waals surface area contributed by atoms with Crippen LogP contribution in [0.25, 0.3) is 11.3 Å². The number of pyridine rings is 1. The van der Waals surface area contributed by atoms with Gasteiger partial charge in [0.15, 0.2) is 0 Å². The standard InChI is InChI=1S/C22H25F3N6/c1-15-7-8-17(22(23,24)25)12-18(15)28-20-13-19(16-6-4-9-26-14-16)29-21(30-20)27-10-5-11-31(2)3/h4,6-9,12-14H,5,10-11H2,1-3H3,(H2,27,28,29,30). The molecule has 2 heterocycles. The predicted octanol–water partition coefficient (Wildman–Crippen LogP) is 4.97. The lowest BCUT2D eigenvalue weighted by atomic mass is 10.1. The number of aromatic nitrogens is 3. The van der Waals surface area contributed by atoms with Crippen LogP contribution in [0.3, 0.4) is 0 Å². The summed E-state index contributed by atoms with van der Waals surface area (Å²) in [4.78, 5) is 15.2. The molecular formula is C22H25F3N6. The van der Waals surface area contributed by atoms with Gasteiger partial charge in [0.25, 0.3) is 0 Å². The Hall–Kier alpha value is -3.20. The van der Waals surface area contributed by atoms with Crippen molar-refractivity contribution in [3.8, 4) is 11.3 Å². The lowest BCUT2D eigenvalue weighted by Gasteiger charge is -2.15. The van der Waals surface area contributed by atoms with Gasteiger partial charge in [-0.3, -0.25) is 4.98 Å². The summed E-state index contributed by atoms with van der Waals surface area (Å²) in [7, 11) is 4.00. The summed E-state index contributed by atoms with van der Waals surface area (Å²) in [5, 5.41) is 6.22. The fourth-order valence-corrected chi connectivity index (χ4v) is 2.92. The summed E-state index contributed by atoms with van der Waals surface area (Å²) in [5.41, 5.74) is 1.69. The van der Waals surface area contributed by atoms with Gasteiger partial charge in [0, 0.05) is 36.3 Å². The van der Waals surface area contributed by atoms with Crippen LogP contribution in [0.4, 0.5) is 30.6 Å². The first-order chi connectivity index (χ1) is 14.7. The van der Waals surface area contributed by atoms with Crippen LogP contribution in [0, 0.1) is 6.92 Å². The number of hydrogen-bond donors (Lipinski definition) is 2. The molecule has 2 N–H and O–H groups in total. The summed E-state index contributed by atoms with van der Waals surface area (Å²) in [6.45, 7) is 3.31. The maximum absolute atomic E-state index is 13.1. The Morgan fingerprint density at radius 1 is 1.06 bits per heavy atom. The zero-order valence-electron chi connectivity index (χ0n) is 17.7. The SMILES string of the molecule is Cc1ccc(C(F)(F)F)cc1Nc1cc(-c2cccnc2)nc(NCCCN(C)C)n1. The molecule has 0 fully saturated rings. The molecule has 6 nitrogen and oxygen atoms in total. The van der Waals surface area contributed by atoms with E-state index in [4.69, 9.17) is 0 Å². The van der Waals surface area contributed by atoms with E-state index in [0.717, 1.165) is 30.7 Å². The molecule has 3 rings (SSSR count). The van der Waals surface area contributed by atoms with E-state index in [1.807, 2.05) is 20.2 Å². The van der Waals surface area contributed by atoms with E-state index in [1.54, 1.807) is 31.5 Å². The van der Waals surface area contributed by atoms with E-state index in [1.165, 1.54) is 6.07 Å². The van der Waals surface area contributed by atoms with Crippen molar-refractivity contribution in [1.82, 2.24) is 19.9 Å². The van der Waals surface area contributed by atoms with Crippen LogP contribution in [0.5, 0.6) is 0 Å². The highest BCUT2D eigenvalue weighted by Crippen LogP contribution is 2.33. The summed E-state index contributed by atoms with van der Waals surface area (Å²) >= 11 is 0. The topological polar surface area (TPSA) is 66.0 Å². The fourth-order valence-electron chi connectivity index (χ4n) is 2.92. The number of alkyl halides is 3. The van der Waals surface area contributed by atoms with Gasteiger partial charge in [-0.1, -0.05) is 6.07 Å². The second kappa shape index (κ2) is 9.74. The van der Waals surface area contributed by atoms with Crippen LogP contribution in [0.15, 0.2) is 48.8 Å². The third kappa shape index (κ3) is 6.39. The summed E-state index contributed by atoms with van der Waals surface area (Å²) in [6, 6.07) is 8.96. The Morgan fingerprint density at radius 2 is 1.87 bits per heavy atom. The van der Waals surface area contributed by atoms with Gasteiger partial charge in [-0.25, -0.2) is 4.98 Å². The van der Waals surface area contributed by atoms with Crippen LogP contribution in [-0.2, 0) is 6.18 Å². The number of hydrogen-bond acceptors (Lipinski definition) is 6. The van der Waals surface area contributed by atoms with Gasteiger partial charge < -0.3 is 15.5 Å². The second-order valence-electron chi connectivity index (χ2n) is 7.44. The highest BCUT2D eigenvalue weighted by Gasteiger charge is 2.30. The normalized spacial score (nSPS) is 11.6. The van der Waals surface area contributed by atoms with E-state index >= 15 is 0 Å². The molecule has 0 amide bonds. The van der Waals surface area contributed by atoms with Crippen molar-refractivity contribution in [3.63, 3.8) is 0 Å². The summed E-state index contributed by atoms with van der Waals surface area (Å²) < 4.78 is 39.4. The number of nitrogens with one attached hydrogen (secondary N) is 2. The van der Waals surface area contributed by atoms with Crippen molar-refractivity contribution in [3.05, 3.63) is 59.9 Å². The molecule has 0 aliphatic heterocycles. The third-order valence-corrected chi connectivity index (χ3v) is 4.58. The molecule has 3 aromatic rings. The molecule has 164 valence electrons. The number of rotatable bonds is 8. The maximum Gasteiger partial charge on any atom is 0.416 e. The zero-order chi connectivity index (χ0) is 22.4. The first-order valence-corrected chi connectivity index (χ1v) is 9.85. The Bertz CT molecular complexity index is 1010. The number of aryl methyl sites for hydroxylation is 1. The smallest absolute Gasteiger partial charge is 0.354 e. The first-order valence-electron chi connectivity index (χ1n) is 9.85. The molecular weight excluding hydrogens is 405 g/mol. The summed E-state index contributed by atoms with van der Waals surface area (Å²) in [6.07, 6.45) is -0.188. The van der Waals surface area contributed by atoms with E-state index in [0.29, 0.717) is 35.3 Å². The van der Waals surface area contributed by atoms with Crippen LogP contribution in [0.2, 0.25) is 0 Å². The monoisotopic (exact) mass is 430 g/mol. The minimum Gasteiger partial charge on any atom is -0.354 e. The molecule has 9 heteroatoms. The van der Waals surface area contributed by atoms with Gasteiger partial charge in [-0.2, -0.15) is 18.2 Å². The largest absolute Gasteiger partial charge is 0.416 e. The zero-order valence-corrected chi connectivity index (χ0v) is 17.7. The highest BCUT2D eigenvalue weighted by molar-refractivity contribution is 5.68. The molecule has 0 unspecified atom stereocenters. The van der Waals surface area contributed by atoms with Crippen molar-refractivity contribution < 1.29 is 13.2 Å². The third-order valence-electron chi connectivity index (χ3n) is 4.58. The quantitative estimate of drug-likeness (QED) is 0.492. The molecule has 0 spiro atoms. The minimum absolute atomic E-state index is 0.337. The van der Waals surface area contributed by atoms with Gasteiger partial charge in [0.2, 0.25) is 5.95 Å². The molecule has 0 aliphatic carbocycles. The Morgan fingerprint density at radius 3 is 2.55 bits per heavy atom. The van der Waals surface area contributed by atoms with E-state index in [9.17, 15) is 13.2 Å². The average Bonchev–Trinajstić information content (AvgIpc) is 2.72. The molecule has 0 atom stereocenters. The van der Waals surface area contributed by atoms with E-state index in [2.05, 4.69) is 30.5 Å². The number of nitrogens with zero attached hydrogens (tertiary/aromatic N) is 4. The van der Waals surface area contributed by atoms with Gasteiger partial charge >= 0.3 is 6.18 Å². The molecule has 0 aliphatic rings. The molecule has 31 heavy (non-hydrogen) atoms. The van der Waals surface area contributed by atoms with Crippen molar-refractivity contribution in [1.29, 1.82) is 0 Å². The average molecular weight is 430 g/mol. The van der Waals surface area contributed by atoms with Crippen LogP contribution in [0.1, 0.15) is 17.5 Å². The molecule has 0 saturated heterocycles. The molecule has 1 aromatic carbocycles. The van der Waals surface area contributed by atoms with Crippen molar-refractivity contribution in [2.75, 3.05) is 37.8 Å². The van der Waals surface area contributed by atoms with Gasteiger partial charge in [0.1, 0.15) is 5.82 Å². The van der Waals surface area contributed by atoms with Crippen molar-refractivity contribution >= 4 is 17.5 Å². The number of anilines is 3. The van der Waals surface area contributed by atoms with Crippen molar-refractivity contribution in [2.24, 2.45) is 0 Å². The number of benzene rings is 1. The lowest BCUT2D eigenvalue weighted by molar-refractivity contribution is -0.137. The van der Waals surface area contributed by atoms with Gasteiger partial charge in [-0.05, 0) is 63.8 Å². The molecule has 2 aromatic heterocycles. The number of halogens is 3. The highest BCUT2D eigenvalue weighted by atomic mass is 19.4. The molecule has 0 saturated carbocycles. The predicted molar refractivity (Wildman–Crippen MR) is 116 cm³/mol. The Balaban J connectivity index is 1.91. The van der Waals surface area contributed by atoms with Crippen LogP contribution >= 0.6 is 0 Å². The van der Waals surface area contributed by atoms with E-state index in [-0.39, 0.29) is 0 Å². The van der Waals surface area contributed by atoms with E-state index < -0.39 is 11.7 Å². The van der Waals surface area contributed by atoms with Gasteiger partial charge in [-0.15, -0.1) is 0 Å². The van der Waals surface area contributed by atoms with Crippen LogP contribution in [-0.4, -0.2) is 47.0 Å².